The van der Waals surface area contributed by atoms with Crippen LogP contribution in [0.15, 0.2) is 0 Å². The summed E-state index contributed by atoms with van der Waals surface area (Å²) in [5.74, 6) is 0.740. The van der Waals surface area contributed by atoms with E-state index in [0.717, 1.165) is 45.9 Å². The van der Waals surface area contributed by atoms with Crippen LogP contribution in [0.2, 0.25) is 0 Å². The normalized spacial score (nSPS) is 26.6. The van der Waals surface area contributed by atoms with E-state index in [1.165, 1.54) is 6.42 Å². The Kier molecular flexibility index (Phi) is 4.25. The second-order valence-corrected chi connectivity index (χ2v) is 6.04. The number of nitrogens with zero attached hydrogens (tertiary/aromatic N) is 2. The summed E-state index contributed by atoms with van der Waals surface area (Å²) in [5, 5.41) is 0. The van der Waals surface area contributed by atoms with E-state index in [9.17, 15) is 4.79 Å². The molecule has 0 aromatic rings. The molecule has 2 aliphatic heterocycles. The smallest absolute Gasteiger partial charge is 0.242 e. The Bertz CT molecular complexity index is 287. The molecule has 0 bridgehead atoms. The quantitative estimate of drug-likeness (QED) is 0.765. The molecular formula is C13H25N3O2. The number of hydrogen-bond acceptors (Lipinski definition) is 4. The standard InChI is InChI=1S/C13H25N3O2/c1-13(2,14)12(17)16-6-4-15(5-7-16)9-11-3-8-18-10-11/h11H,3-10,14H2,1-2H3. The second-order valence-electron chi connectivity index (χ2n) is 6.04. The van der Waals surface area contributed by atoms with E-state index in [2.05, 4.69) is 4.90 Å². The van der Waals surface area contributed by atoms with Crippen LogP contribution in [0, 0.1) is 5.92 Å². The fourth-order valence-electron chi connectivity index (χ4n) is 2.63. The maximum absolute atomic E-state index is 12.0. The number of carbonyl (C=O) groups is 1. The van der Waals surface area contributed by atoms with Crippen LogP contribution < -0.4 is 5.73 Å². The summed E-state index contributed by atoms with van der Waals surface area (Å²) in [5.41, 5.74) is 5.11. The van der Waals surface area contributed by atoms with Crippen molar-refractivity contribution in [2.24, 2.45) is 11.7 Å². The van der Waals surface area contributed by atoms with Gasteiger partial charge in [-0.15, -0.1) is 0 Å². The van der Waals surface area contributed by atoms with Gasteiger partial charge in [-0.3, -0.25) is 9.69 Å². The van der Waals surface area contributed by atoms with Crippen molar-refractivity contribution in [3.8, 4) is 0 Å². The maximum atomic E-state index is 12.0. The van der Waals surface area contributed by atoms with Crippen LogP contribution in [0.3, 0.4) is 0 Å². The first-order chi connectivity index (χ1) is 8.47. The minimum Gasteiger partial charge on any atom is -0.381 e. The van der Waals surface area contributed by atoms with Crippen molar-refractivity contribution < 1.29 is 9.53 Å². The Morgan fingerprint density at radius 2 is 2.00 bits per heavy atom. The highest BCUT2D eigenvalue weighted by Gasteiger charge is 2.30. The predicted molar refractivity (Wildman–Crippen MR) is 70.2 cm³/mol. The van der Waals surface area contributed by atoms with Crippen molar-refractivity contribution in [2.45, 2.75) is 25.8 Å². The molecule has 0 aromatic carbocycles. The third-order valence-corrected chi connectivity index (χ3v) is 3.75. The lowest BCUT2D eigenvalue weighted by Crippen LogP contribution is -2.57. The van der Waals surface area contributed by atoms with E-state index in [0.29, 0.717) is 5.92 Å². The molecule has 0 saturated carbocycles. The Balaban J connectivity index is 1.75. The van der Waals surface area contributed by atoms with Gasteiger partial charge in [0.2, 0.25) is 5.91 Å². The lowest BCUT2D eigenvalue weighted by atomic mass is 10.0. The molecule has 0 spiro atoms. The zero-order chi connectivity index (χ0) is 13.2. The Labute approximate surface area is 109 Å². The van der Waals surface area contributed by atoms with Gasteiger partial charge in [-0.05, 0) is 26.2 Å². The largest absolute Gasteiger partial charge is 0.381 e. The van der Waals surface area contributed by atoms with Crippen LogP contribution in [-0.4, -0.2) is 67.2 Å². The first-order valence-electron chi connectivity index (χ1n) is 6.85. The fraction of sp³-hybridized carbons (Fsp3) is 0.923. The zero-order valence-electron chi connectivity index (χ0n) is 11.5. The Morgan fingerprint density at radius 1 is 1.33 bits per heavy atom. The molecule has 18 heavy (non-hydrogen) atoms. The van der Waals surface area contributed by atoms with E-state index in [4.69, 9.17) is 10.5 Å². The molecule has 0 aromatic heterocycles. The average Bonchev–Trinajstić information content (AvgIpc) is 2.81. The van der Waals surface area contributed by atoms with E-state index >= 15 is 0 Å². The zero-order valence-corrected chi connectivity index (χ0v) is 11.5. The van der Waals surface area contributed by atoms with Crippen molar-refractivity contribution in [2.75, 3.05) is 45.9 Å². The van der Waals surface area contributed by atoms with Gasteiger partial charge in [0.25, 0.3) is 0 Å². The fourth-order valence-corrected chi connectivity index (χ4v) is 2.63. The lowest BCUT2D eigenvalue weighted by Gasteiger charge is -2.38. The molecule has 0 aliphatic carbocycles. The van der Waals surface area contributed by atoms with Crippen LogP contribution in [0.1, 0.15) is 20.3 Å². The molecular weight excluding hydrogens is 230 g/mol. The molecule has 1 unspecified atom stereocenters. The molecule has 2 aliphatic rings. The van der Waals surface area contributed by atoms with Crippen molar-refractivity contribution in [3.05, 3.63) is 0 Å². The molecule has 2 N–H and O–H groups in total. The van der Waals surface area contributed by atoms with Gasteiger partial charge in [-0.1, -0.05) is 0 Å². The van der Waals surface area contributed by atoms with Crippen LogP contribution in [0.25, 0.3) is 0 Å². The van der Waals surface area contributed by atoms with Crippen molar-refractivity contribution >= 4 is 5.91 Å². The van der Waals surface area contributed by atoms with Gasteiger partial charge in [0.15, 0.2) is 0 Å². The predicted octanol–water partition coefficient (Wildman–Crippen LogP) is -0.0956. The highest BCUT2D eigenvalue weighted by molar-refractivity contribution is 5.85. The number of amides is 1. The number of nitrogens with two attached hydrogens (primary N) is 1. The Morgan fingerprint density at radius 3 is 2.50 bits per heavy atom. The summed E-state index contributed by atoms with van der Waals surface area (Å²) in [4.78, 5) is 16.4. The number of hydrogen-bond donors (Lipinski definition) is 1. The van der Waals surface area contributed by atoms with Crippen molar-refractivity contribution in [1.82, 2.24) is 9.80 Å². The van der Waals surface area contributed by atoms with E-state index in [1.54, 1.807) is 13.8 Å². The summed E-state index contributed by atoms with van der Waals surface area (Å²) < 4.78 is 5.39. The monoisotopic (exact) mass is 255 g/mol. The highest BCUT2D eigenvalue weighted by Crippen LogP contribution is 2.16. The van der Waals surface area contributed by atoms with Gasteiger partial charge in [-0.2, -0.15) is 0 Å². The summed E-state index contributed by atoms with van der Waals surface area (Å²) in [6.07, 6.45) is 1.18. The minimum atomic E-state index is -0.749. The first kappa shape index (κ1) is 13.8. The van der Waals surface area contributed by atoms with Gasteiger partial charge < -0.3 is 15.4 Å². The molecule has 0 radical (unpaired) electrons. The molecule has 2 saturated heterocycles. The number of carbonyl (C=O) groups excluding carboxylic acids is 1. The van der Waals surface area contributed by atoms with Gasteiger partial charge in [0.1, 0.15) is 0 Å². The molecule has 5 nitrogen and oxygen atoms in total. The van der Waals surface area contributed by atoms with E-state index in [-0.39, 0.29) is 5.91 Å². The molecule has 1 atom stereocenters. The van der Waals surface area contributed by atoms with Crippen LogP contribution in [-0.2, 0) is 9.53 Å². The molecule has 1 amide bonds. The number of piperazine rings is 1. The highest BCUT2D eigenvalue weighted by atomic mass is 16.5. The lowest BCUT2D eigenvalue weighted by molar-refractivity contribution is -0.137. The SMILES string of the molecule is CC(C)(N)C(=O)N1CCN(CC2CCOC2)CC1. The molecule has 2 fully saturated rings. The molecule has 2 heterocycles. The Hall–Kier alpha value is -0.650. The number of rotatable bonds is 3. The molecule has 2 rings (SSSR count). The molecule has 104 valence electrons. The summed E-state index contributed by atoms with van der Waals surface area (Å²) in [6.45, 7) is 9.97. The van der Waals surface area contributed by atoms with Crippen molar-refractivity contribution in [3.63, 3.8) is 0 Å². The van der Waals surface area contributed by atoms with E-state index in [1.807, 2.05) is 4.90 Å². The maximum Gasteiger partial charge on any atom is 0.242 e. The minimum absolute atomic E-state index is 0.0614. The van der Waals surface area contributed by atoms with Crippen LogP contribution in [0.5, 0.6) is 0 Å². The summed E-state index contributed by atoms with van der Waals surface area (Å²) in [6, 6.07) is 0. The second kappa shape index (κ2) is 5.55. The average molecular weight is 255 g/mol. The van der Waals surface area contributed by atoms with Crippen LogP contribution in [0.4, 0.5) is 0 Å². The van der Waals surface area contributed by atoms with Crippen molar-refractivity contribution in [1.29, 1.82) is 0 Å². The third kappa shape index (κ3) is 3.43. The first-order valence-corrected chi connectivity index (χ1v) is 6.85. The van der Waals surface area contributed by atoms with Gasteiger partial charge >= 0.3 is 0 Å². The molecule has 5 heteroatoms. The summed E-state index contributed by atoms with van der Waals surface area (Å²) >= 11 is 0. The van der Waals surface area contributed by atoms with E-state index < -0.39 is 5.54 Å². The number of ether oxygens (including phenoxy) is 1. The third-order valence-electron chi connectivity index (χ3n) is 3.75. The van der Waals surface area contributed by atoms with Crippen LogP contribution >= 0.6 is 0 Å². The summed E-state index contributed by atoms with van der Waals surface area (Å²) in [7, 11) is 0. The van der Waals surface area contributed by atoms with Gasteiger partial charge in [0, 0.05) is 39.3 Å². The van der Waals surface area contributed by atoms with Gasteiger partial charge in [0.05, 0.1) is 12.1 Å². The topological polar surface area (TPSA) is 58.8 Å². The van der Waals surface area contributed by atoms with Gasteiger partial charge in [-0.25, -0.2) is 0 Å².